The summed E-state index contributed by atoms with van der Waals surface area (Å²) >= 11 is 10.7. The van der Waals surface area contributed by atoms with E-state index in [1.807, 2.05) is 24.3 Å². The summed E-state index contributed by atoms with van der Waals surface area (Å²) in [7, 11) is 0. The fourth-order valence-corrected chi connectivity index (χ4v) is 5.68. The first-order chi connectivity index (χ1) is 18.2. The average Bonchev–Trinajstić information content (AvgIpc) is 2.90. The molecule has 0 radical (unpaired) electrons. The fraction of sp³-hybridized carbons (Fsp3) is 0.0667. The highest BCUT2D eigenvalue weighted by atomic mass is 35.5. The van der Waals surface area contributed by atoms with Gasteiger partial charge in [-0.3, -0.25) is 0 Å². The highest BCUT2D eigenvalue weighted by molar-refractivity contribution is 7.92. The molecule has 2 unspecified atom stereocenters. The van der Waals surface area contributed by atoms with Crippen LogP contribution < -0.4 is 0 Å². The van der Waals surface area contributed by atoms with Gasteiger partial charge in [0.05, 0.1) is 0 Å². The van der Waals surface area contributed by atoms with Crippen LogP contribution in [-0.2, 0) is 11.2 Å². The van der Waals surface area contributed by atoms with Crippen molar-refractivity contribution in [3.63, 3.8) is 0 Å². The van der Waals surface area contributed by atoms with E-state index in [1.165, 1.54) is 24.3 Å². The topological polar surface area (TPSA) is 104 Å². The van der Waals surface area contributed by atoms with Gasteiger partial charge in [-0.25, -0.2) is 0 Å². The summed E-state index contributed by atoms with van der Waals surface area (Å²) in [5, 5.41) is 39.0. The average molecular weight is 567 g/mol. The van der Waals surface area contributed by atoms with Gasteiger partial charge in [-0.15, -0.1) is 0 Å². The van der Waals surface area contributed by atoms with Crippen LogP contribution in [0.5, 0.6) is 23.0 Å². The molecule has 0 aliphatic carbocycles. The highest BCUT2D eigenvalue weighted by Crippen LogP contribution is 2.38. The molecular formula is C30H24Cl2O5S. The van der Waals surface area contributed by atoms with Crippen molar-refractivity contribution in [3.8, 4) is 23.0 Å². The van der Waals surface area contributed by atoms with Crippen LogP contribution >= 0.6 is 23.2 Å². The zero-order valence-corrected chi connectivity index (χ0v) is 22.2. The van der Waals surface area contributed by atoms with Crippen molar-refractivity contribution in [2.45, 2.75) is 10.5 Å². The lowest BCUT2D eigenvalue weighted by Crippen LogP contribution is -2.19. The molecule has 4 aromatic carbocycles. The summed E-state index contributed by atoms with van der Waals surface area (Å²) in [6.07, 6.45) is 7.04. The van der Waals surface area contributed by atoms with Gasteiger partial charge >= 0.3 is 0 Å². The second kappa shape index (κ2) is 12.3. The lowest BCUT2D eigenvalue weighted by Gasteiger charge is -2.26. The van der Waals surface area contributed by atoms with Crippen molar-refractivity contribution < 1.29 is 25.0 Å². The van der Waals surface area contributed by atoms with E-state index in [-0.39, 0.29) is 23.0 Å². The van der Waals surface area contributed by atoms with E-state index in [9.17, 15) is 25.0 Å². The molecule has 0 saturated carbocycles. The van der Waals surface area contributed by atoms with Gasteiger partial charge in [0.1, 0.15) is 0 Å². The Morgan fingerprint density at radius 1 is 0.553 bits per heavy atom. The lowest BCUT2D eigenvalue weighted by atomic mass is 10.1. The maximum atomic E-state index is 14.3. The van der Waals surface area contributed by atoms with Crippen molar-refractivity contribution in [3.05, 3.63) is 129 Å². The second-order valence-corrected chi connectivity index (χ2v) is 11.0. The van der Waals surface area contributed by atoms with Gasteiger partial charge in [-0.05, 0) is 83.0 Å². The third kappa shape index (κ3) is 6.85. The van der Waals surface area contributed by atoms with Gasteiger partial charge in [-0.1, -0.05) is 71.8 Å². The molecule has 0 fully saturated rings. The fourth-order valence-electron chi connectivity index (χ4n) is 3.79. The number of aromatic hydroxyl groups is 4. The molecule has 0 aromatic heterocycles. The standard InChI is InChI=1S/C30H24Cl2O5S/c31-23-9-5-21(6-10-23)29(15-3-19-1-13-25(33)27(35)17-19)38(37)30(22-7-11-24(32)12-8-22)16-4-20-2-14-26(34)28(36)18-20/h1-18,29-30,33-36H/b15-3+,16-4+. The molecule has 0 aliphatic heterocycles. The molecule has 0 saturated heterocycles. The summed E-state index contributed by atoms with van der Waals surface area (Å²) in [5.41, 5.74) is 2.77. The minimum atomic E-state index is -1.56. The van der Waals surface area contributed by atoms with Crippen LogP contribution in [-0.4, -0.2) is 25.0 Å². The Bertz CT molecular complexity index is 1340. The molecule has 0 heterocycles. The molecule has 8 heteroatoms. The first kappa shape index (κ1) is 27.5. The number of phenols is 4. The van der Waals surface area contributed by atoms with Crippen molar-refractivity contribution in [2.75, 3.05) is 0 Å². The minimum absolute atomic E-state index is 0.229. The molecule has 194 valence electrons. The van der Waals surface area contributed by atoms with E-state index < -0.39 is 21.7 Å². The van der Waals surface area contributed by atoms with Gasteiger partial charge in [-0.2, -0.15) is 0 Å². The Kier molecular flexibility index (Phi) is 8.92. The molecule has 0 bridgehead atoms. The van der Waals surface area contributed by atoms with Crippen molar-refractivity contribution >= 4 is 46.5 Å². The van der Waals surface area contributed by atoms with Crippen molar-refractivity contribution in [1.29, 1.82) is 0 Å². The smallest absolute Gasteiger partial charge is 0.160 e. The van der Waals surface area contributed by atoms with Crippen LogP contribution in [0.3, 0.4) is 0 Å². The summed E-state index contributed by atoms with van der Waals surface area (Å²) < 4.78 is 14.3. The molecule has 0 amide bonds. The zero-order chi connectivity index (χ0) is 27.2. The van der Waals surface area contributed by atoms with Crippen LogP contribution in [0.15, 0.2) is 97.1 Å². The SMILES string of the molecule is [O-][S+](C(/C=C/c1ccc(O)c(O)c1)c1ccc(Cl)cc1)C(/C=C/c1ccc(O)c(O)c1)c1ccc(Cl)cc1. The quantitative estimate of drug-likeness (QED) is 0.129. The number of phenolic OH excluding ortho intramolecular Hbond substituents is 4. The first-order valence-corrected chi connectivity index (χ1v) is 13.5. The predicted molar refractivity (Wildman–Crippen MR) is 154 cm³/mol. The Morgan fingerprint density at radius 2 is 0.921 bits per heavy atom. The van der Waals surface area contributed by atoms with Crippen LogP contribution in [0.2, 0.25) is 10.0 Å². The van der Waals surface area contributed by atoms with E-state index in [0.717, 1.165) is 11.1 Å². The number of hydrogen-bond acceptors (Lipinski definition) is 5. The molecule has 38 heavy (non-hydrogen) atoms. The highest BCUT2D eigenvalue weighted by Gasteiger charge is 2.30. The lowest BCUT2D eigenvalue weighted by molar-refractivity contribution is 0.403. The van der Waals surface area contributed by atoms with Crippen molar-refractivity contribution in [1.82, 2.24) is 0 Å². The third-order valence-electron chi connectivity index (χ3n) is 5.82. The molecular weight excluding hydrogens is 543 g/mol. The van der Waals surface area contributed by atoms with E-state index in [2.05, 4.69) is 0 Å². The largest absolute Gasteiger partial charge is 0.615 e. The second-order valence-electron chi connectivity index (χ2n) is 8.49. The number of benzene rings is 4. The molecule has 4 rings (SSSR count). The normalized spacial score (nSPS) is 14.1. The predicted octanol–water partition coefficient (Wildman–Crippen LogP) is 7.77. The Balaban J connectivity index is 1.76. The number of halogens is 2. The monoisotopic (exact) mass is 566 g/mol. The third-order valence-corrected chi connectivity index (χ3v) is 8.19. The Labute approximate surface area is 233 Å². The molecule has 0 spiro atoms. The van der Waals surface area contributed by atoms with E-state index in [1.54, 1.807) is 60.7 Å². The van der Waals surface area contributed by atoms with Gasteiger partial charge in [0, 0.05) is 21.2 Å². The van der Waals surface area contributed by atoms with Gasteiger partial charge in [0.2, 0.25) is 0 Å². The number of hydrogen-bond donors (Lipinski definition) is 4. The van der Waals surface area contributed by atoms with Crippen molar-refractivity contribution in [2.24, 2.45) is 0 Å². The van der Waals surface area contributed by atoms with E-state index >= 15 is 0 Å². The summed E-state index contributed by atoms with van der Waals surface area (Å²) in [6.45, 7) is 0. The molecule has 0 aliphatic rings. The van der Waals surface area contributed by atoms with Gasteiger partial charge in [0.25, 0.3) is 0 Å². The molecule has 4 N–H and O–H groups in total. The summed E-state index contributed by atoms with van der Waals surface area (Å²) in [5.74, 6) is -0.966. The molecule has 5 nitrogen and oxygen atoms in total. The maximum absolute atomic E-state index is 14.3. The van der Waals surface area contributed by atoms with Crippen LogP contribution in [0.4, 0.5) is 0 Å². The molecule has 4 aromatic rings. The maximum Gasteiger partial charge on any atom is 0.160 e. The number of rotatable bonds is 8. The van der Waals surface area contributed by atoms with Gasteiger partial charge < -0.3 is 25.0 Å². The van der Waals surface area contributed by atoms with Crippen LogP contribution in [0, 0.1) is 0 Å². The van der Waals surface area contributed by atoms with E-state index in [0.29, 0.717) is 21.2 Å². The molecule has 2 atom stereocenters. The van der Waals surface area contributed by atoms with E-state index in [4.69, 9.17) is 23.2 Å². The van der Waals surface area contributed by atoms with Crippen LogP contribution in [0.25, 0.3) is 12.2 Å². The Hall–Kier alpha value is -3.55. The zero-order valence-electron chi connectivity index (χ0n) is 19.9. The summed E-state index contributed by atoms with van der Waals surface area (Å²) in [4.78, 5) is 0. The van der Waals surface area contributed by atoms with Crippen LogP contribution in [0.1, 0.15) is 32.8 Å². The summed E-state index contributed by atoms with van der Waals surface area (Å²) in [6, 6.07) is 23.0. The first-order valence-electron chi connectivity index (χ1n) is 11.5. The van der Waals surface area contributed by atoms with Gasteiger partial charge in [0.15, 0.2) is 33.5 Å². The minimum Gasteiger partial charge on any atom is -0.615 e. The Morgan fingerprint density at radius 3 is 1.26 bits per heavy atom.